The quantitative estimate of drug-likeness (QED) is 0.537. The summed E-state index contributed by atoms with van der Waals surface area (Å²) in [6.45, 7) is 3.77. The minimum atomic E-state index is 0.589. The van der Waals surface area contributed by atoms with E-state index >= 15 is 0 Å². The van der Waals surface area contributed by atoms with Crippen LogP contribution in [0.15, 0.2) is 73.1 Å². The normalized spacial score (nSPS) is 10.3. The Labute approximate surface area is 177 Å². The average Bonchev–Trinajstić information content (AvgIpc) is 2.76. The summed E-state index contributed by atoms with van der Waals surface area (Å²) >= 11 is 5.78. The number of hydrogen-bond donors (Lipinski definition) is 1. The van der Waals surface area contributed by atoms with E-state index in [4.69, 9.17) is 21.7 Å². The van der Waals surface area contributed by atoms with Crippen LogP contribution in [0.5, 0.6) is 11.5 Å². The molecule has 1 aromatic heterocycles. The van der Waals surface area contributed by atoms with Crippen LogP contribution in [0.4, 0.5) is 5.69 Å². The number of rotatable bonds is 8. The van der Waals surface area contributed by atoms with Gasteiger partial charge in [-0.05, 0) is 49.0 Å². The minimum Gasteiger partial charge on any atom is -0.496 e. The number of anilines is 1. The van der Waals surface area contributed by atoms with Crippen molar-refractivity contribution in [3.63, 3.8) is 0 Å². The van der Waals surface area contributed by atoms with Crippen LogP contribution in [0.1, 0.15) is 18.1 Å². The van der Waals surface area contributed by atoms with Gasteiger partial charge in [0, 0.05) is 31.0 Å². The molecular formula is C23H25N3O2S. The maximum absolute atomic E-state index is 5.78. The molecule has 0 amide bonds. The van der Waals surface area contributed by atoms with Crippen LogP contribution < -0.4 is 14.8 Å². The Morgan fingerprint density at radius 2 is 1.76 bits per heavy atom. The van der Waals surface area contributed by atoms with Gasteiger partial charge in [0.25, 0.3) is 0 Å². The summed E-state index contributed by atoms with van der Waals surface area (Å²) in [5, 5.41) is 3.95. The van der Waals surface area contributed by atoms with Gasteiger partial charge in [-0.3, -0.25) is 4.98 Å². The molecule has 0 aliphatic rings. The van der Waals surface area contributed by atoms with Gasteiger partial charge in [-0.2, -0.15) is 0 Å². The zero-order valence-corrected chi connectivity index (χ0v) is 17.5. The highest BCUT2D eigenvalue weighted by Crippen LogP contribution is 2.25. The second-order valence-electron chi connectivity index (χ2n) is 6.39. The number of hydrogen-bond acceptors (Lipinski definition) is 4. The van der Waals surface area contributed by atoms with E-state index in [1.165, 1.54) is 0 Å². The molecule has 0 saturated heterocycles. The highest BCUT2D eigenvalue weighted by atomic mass is 32.1. The Balaban J connectivity index is 1.85. The highest BCUT2D eigenvalue weighted by molar-refractivity contribution is 7.80. The third-order valence-electron chi connectivity index (χ3n) is 4.37. The van der Waals surface area contributed by atoms with Gasteiger partial charge in [0.1, 0.15) is 11.5 Å². The van der Waals surface area contributed by atoms with E-state index in [1.54, 1.807) is 13.3 Å². The lowest BCUT2D eigenvalue weighted by Crippen LogP contribution is -2.34. The molecule has 150 valence electrons. The van der Waals surface area contributed by atoms with Crippen molar-refractivity contribution < 1.29 is 9.47 Å². The molecular weight excluding hydrogens is 382 g/mol. The van der Waals surface area contributed by atoms with Crippen molar-refractivity contribution in [2.24, 2.45) is 0 Å². The van der Waals surface area contributed by atoms with E-state index < -0.39 is 0 Å². The molecule has 0 saturated carbocycles. The van der Waals surface area contributed by atoms with Gasteiger partial charge in [-0.15, -0.1) is 0 Å². The van der Waals surface area contributed by atoms with Gasteiger partial charge < -0.3 is 19.7 Å². The molecule has 0 aliphatic heterocycles. The molecule has 0 fully saturated rings. The smallest absolute Gasteiger partial charge is 0.174 e. The first kappa shape index (κ1) is 20.6. The molecule has 0 unspecified atom stereocenters. The number of ether oxygens (including phenoxy) is 2. The number of nitrogens with one attached hydrogen (secondary N) is 1. The van der Waals surface area contributed by atoms with Gasteiger partial charge in [0.15, 0.2) is 5.11 Å². The predicted molar refractivity (Wildman–Crippen MR) is 120 cm³/mol. The first-order valence-corrected chi connectivity index (χ1v) is 9.90. The fourth-order valence-electron chi connectivity index (χ4n) is 3.00. The summed E-state index contributed by atoms with van der Waals surface area (Å²) in [6.07, 6.45) is 3.62. The van der Waals surface area contributed by atoms with Crippen molar-refractivity contribution in [2.75, 3.05) is 19.0 Å². The molecule has 0 bridgehead atoms. The lowest BCUT2D eigenvalue weighted by atomic mass is 10.1. The molecule has 2 aromatic carbocycles. The summed E-state index contributed by atoms with van der Waals surface area (Å²) in [4.78, 5) is 6.32. The lowest BCUT2D eigenvalue weighted by molar-refractivity contribution is 0.341. The monoisotopic (exact) mass is 407 g/mol. The van der Waals surface area contributed by atoms with Gasteiger partial charge in [-0.1, -0.05) is 36.4 Å². The van der Waals surface area contributed by atoms with E-state index in [0.29, 0.717) is 24.8 Å². The van der Waals surface area contributed by atoms with Crippen LogP contribution in [0.3, 0.4) is 0 Å². The molecule has 3 aromatic rings. The van der Waals surface area contributed by atoms with Crippen molar-refractivity contribution in [1.82, 2.24) is 9.88 Å². The Morgan fingerprint density at radius 3 is 2.48 bits per heavy atom. The van der Waals surface area contributed by atoms with Crippen molar-refractivity contribution in [2.45, 2.75) is 20.0 Å². The molecule has 0 aliphatic carbocycles. The Kier molecular flexibility index (Phi) is 7.41. The number of nitrogens with zero attached hydrogens (tertiary/aromatic N) is 2. The SMILES string of the molecule is CCOc1ccccc1NC(=S)N(Cc1cccnc1)Cc1ccccc1OC. The molecule has 29 heavy (non-hydrogen) atoms. The van der Waals surface area contributed by atoms with Crippen LogP contribution in [0.2, 0.25) is 0 Å². The molecule has 1 heterocycles. The lowest BCUT2D eigenvalue weighted by Gasteiger charge is -2.27. The van der Waals surface area contributed by atoms with E-state index in [1.807, 2.05) is 73.8 Å². The third-order valence-corrected chi connectivity index (χ3v) is 4.73. The zero-order valence-electron chi connectivity index (χ0n) is 16.7. The number of methoxy groups -OCH3 is 1. The Bertz CT molecular complexity index is 934. The standard InChI is InChI=1S/C23H25N3O2S/c1-3-28-22-13-7-5-11-20(22)25-23(29)26(16-18-9-8-14-24-15-18)17-19-10-4-6-12-21(19)27-2/h4-15H,3,16-17H2,1-2H3,(H,25,29). The summed E-state index contributed by atoms with van der Waals surface area (Å²) in [5.41, 5.74) is 2.97. The van der Waals surface area contributed by atoms with Gasteiger partial charge in [0.2, 0.25) is 0 Å². The van der Waals surface area contributed by atoms with Crippen LogP contribution in [-0.2, 0) is 13.1 Å². The fourth-order valence-corrected chi connectivity index (χ4v) is 3.24. The first-order chi connectivity index (χ1) is 14.2. The molecule has 5 nitrogen and oxygen atoms in total. The van der Waals surface area contributed by atoms with Crippen LogP contribution in [-0.4, -0.2) is 28.7 Å². The van der Waals surface area contributed by atoms with E-state index in [9.17, 15) is 0 Å². The van der Waals surface area contributed by atoms with E-state index in [-0.39, 0.29) is 0 Å². The predicted octanol–water partition coefficient (Wildman–Crippen LogP) is 4.89. The first-order valence-electron chi connectivity index (χ1n) is 9.49. The summed E-state index contributed by atoms with van der Waals surface area (Å²) in [6, 6.07) is 19.7. The molecule has 0 radical (unpaired) electrons. The van der Waals surface area contributed by atoms with Gasteiger partial charge >= 0.3 is 0 Å². The number of thiocarbonyl (C=S) groups is 1. The molecule has 1 N–H and O–H groups in total. The van der Waals surface area contributed by atoms with Crippen molar-refractivity contribution >= 4 is 23.0 Å². The molecule has 3 rings (SSSR count). The third kappa shape index (κ3) is 5.68. The summed E-state index contributed by atoms with van der Waals surface area (Å²) in [5.74, 6) is 1.61. The molecule has 0 atom stereocenters. The van der Waals surface area contributed by atoms with Crippen LogP contribution >= 0.6 is 12.2 Å². The number of aromatic nitrogens is 1. The van der Waals surface area contributed by atoms with Crippen molar-refractivity contribution in [3.8, 4) is 11.5 Å². The average molecular weight is 408 g/mol. The maximum atomic E-state index is 5.78. The van der Waals surface area contributed by atoms with Crippen LogP contribution in [0, 0.1) is 0 Å². The van der Waals surface area contributed by atoms with Crippen molar-refractivity contribution in [1.29, 1.82) is 0 Å². The van der Waals surface area contributed by atoms with E-state index in [2.05, 4.69) is 15.2 Å². The Hall–Kier alpha value is -3.12. The Morgan fingerprint density at radius 1 is 1.00 bits per heavy atom. The molecule has 0 spiro atoms. The topological polar surface area (TPSA) is 46.6 Å². The van der Waals surface area contributed by atoms with E-state index in [0.717, 1.165) is 28.3 Å². The van der Waals surface area contributed by atoms with Gasteiger partial charge in [0.05, 0.1) is 19.4 Å². The number of para-hydroxylation sites is 3. The van der Waals surface area contributed by atoms with Crippen LogP contribution in [0.25, 0.3) is 0 Å². The summed E-state index contributed by atoms with van der Waals surface area (Å²) < 4.78 is 11.2. The van der Waals surface area contributed by atoms with Gasteiger partial charge in [-0.25, -0.2) is 0 Å². The van der Waals surface area contributed by atoms with Crippen molar-refractivity contribution in [3.05, 3.63) is 84.2 Å². The molecule has 6 heteroatoms. The fraction of sp³-hybridized carbons (Fsp3) is 0.217. The summed E-state index contributed by atoms with van der Waals surface area (Å²) in [7, 11) is 1.68. The highest BCUT2D eigenvalue weighted by Gasteiger charge is 2.15. The number of pyridine rings is 1. The second-order valence-corrected chi connectivity index (χ2v) is 6.78. The number of benzene rings is 2. The zero-order chi connectivity index (χ0) is 20.5. The second kappa shape index (κ2) is 10.4. The maximum Gasteiger partial charge on any atom is 0.174 e. The largest absolute Gasteiger partial charge is 0.496 e. The minimum absolute atomic E-state index is 0.589.